The molecule has 0 aromatic heterocycles. The van der Waals surface area contributed by atoms with Crippen LogP contribution < -0.4 is 10.5 Å². The summed E-state index contributed by atoms with van der Waals surface area (Å²) in [5.41, 5.74) is 5.31. The average Bonchev–Trinajstić information content (AvgIpc) is 2.18. The Kier molecular flexibility index (Phi) is 2.98. The van der Waals surface area contributed by atoms with Gasteiger partial charge in [-0.2, -0.15) is 0 Å². The smallest absolute Gasteiger partial charge is 0.162 e. The SMILES string of the molecule is COc1cccc(C(C)(N)CO)c1O. The second-order valence-electron chi connectivity index (χ2n) is 3.43. The molecule has 1 rings (SSSR count). The standard InChI is InChI=1S/C10H15NO3/c1-10(11,6-12)7-4-3-5-8(14-2)9(7)13/h3-5,12-13H,6,11H2,1-2H3. The fourth-order valence-corrected chi connectivity index (χ4v) is 1.23. The van der Waals surface area contributed by atoms with Crippen molar-refractivity contribution in [2.45, 2.75) is 12.5 Å². The van der Waals surface area contributed by atoms with E-state index < -0.39 is 5.54 Å². The molecule has 14 heavy (non-hydrogen) atoms. The maximum Gasteiger partial charge on any atom is 0.162 e. The normalized spacial score (nSPS) is 14.9. The van der Waals surface area contributed by atoms with Crippen LogP contribution in [-0.4, -0.2) is 23.9 Å². The summed E-state index contributed by atoms with van der Waals surface area (Å²) in [7, 11) is 1.46. The molecule has 0 aliphatic rings. The Labute approximate surface area is 82.9 Å². The largest absolute Gasteiger partial charge is 0.504 e. The second-order valence-corrected chi connectivity index (χ2v) is 3.43. The van der Waals surface area contributed by atoms with Gasteiger partial charge in [0.1, 0.15) is 0 Å². The first-order chi connectivity index (χ1) is 6.53. The maximum absolute atomic E-state index is 9.74. The van der Waals surface area contributed by atoms with E-state index in [0.717, 1.165) is 0 Å². The fraction of sp³-hybridized carbons (Fsp3) is 0.400. The predicted molar refractivity (Wildman–Crippen MR) is 53.3 cm³/mol. The van der Waals surface area contributed by atoms with Crippen molar-refractivity contribution in [3.05, 3.63) is 23.8 Å². The molecule has 0 aliphatic heterocycles. The summed E-state index contributed by atoms with van der Waals surface area (Å²) in [5.74, 6) is 0.335. The summed E-state index contributed by atoms with van der Waals surface area (Å²) < 4.78 is 4.94. The van der Waals surface area contributed by atoms with Crippen LogP contribution in [0.2, 0.25) is 0 Å². The van der Waals surface area contributed by atoms with Gasteiger partial charge < -0.3 is 20.7 Å². The van der Waals surface area contributed by atoms with Crippen LogP contribution in [-0.2, 0) is 5.54 Å². The summed E-state index contributed by atoms with van der Waals surface area (Å²) in [6.45, 7) is 1.40. The third-order valence-electron chi connectivity index (χ3n) is 2.16. The number of aliphatic hydroxyl groups excluding tert-OH is 1. The number of methoxy groups -OCH3 is 1. The van der Waals surface area contributed by atoms with Crippen molar-refractivity contribution in [1.82, 2.24) is 0 Å². The van der Waals surface area contributed by atoms with E-state index in [9.17, 15) is 5.11 Å². The summed E-state index contributed by atoms with van der Waals surface area (Å²) in [4.78, 5) is 0. The first-order valence-corrected chi connectivity index (χ1v) is 4.29. The van der Waals surface area contributed by atoms with Crippen LogP contribution in [0.4, 0.5) is 0 Å². The molecule has 4 heteroatoms. The summed E-state index contributed by atoms with van der Waals surface area (Å²) in [6, 6.07) is 5.01. The molecule has 0 saturated carbocycles. The number of aliphatic hydroxyl groups is 1. The number of ether oxygens (including phenoxy) is 1. The molecule has 1 unspecified atom stereocenters. The monoisotopic (exact) mass is 197 g/mol. The van der Waals surface area contributed by atoms with Crippen LogP contribution in [0.1, 0.15) is 12.5 Å². The van der Waals surface area contributed by atoms with Crippen molar-refractivity contribution in [2.24, 2.45) is 5.73 Å². The van der Waals surface area contributed by atoms with E-state index in [1.807, 2.05) is 0 Å². The fourth-order valence-electron chi connectivity index (χ4n) is 1.23. The number of phenols is 1. The van der Waals surface area contributed by atoms with E-state index >= 15 is 0 Å². The second kappa shape index (κ2) is 3.86. The van der Waals surface area contributed by atoms with Crippen molar-refractivity contribution in [3.8, 4) is 11.5 Å². The summed E-state index contributed by atoms with van der Waals surface area (Å²) >= 11 is 0. The zero-order chi connectivity index (χ0) is 10.8. The highest BCUT2D eigenvalue weighted by atomic mass is 16.5. The minimum Gasteiger partial charge on any atom is -0.504 e. The Morgan fingerprint density at radius 1 is 1.50 bits per heavy atom. The molecular formula is C10H15NO3. The van der Waals surface area contributed by atoms with Crippen molar-refractivity contribution in [3.63, 3.8) is 0 Å². The van der Waals surface area contributed by atoms with Gasteiger partial charge in [-0.1, -0.05) is 12.1 Å². The van der Waals surface area contributed by atoms with Gasteiger partial charge in [0.2, 0.25) is 0 Å². The lowest BCUT2D eigenvalue weighted by Crippen LogP contribution is -2.36. The molecule has 0 radical (unpaired) electrons. The van der Waals surface area contributed by atoms with Crippen LogP contribution in [0.3, 0.4) is 0 Å². The van der Waals surface area contributed by atoms with Gasteiger partial charge in [-0.3, -0.25) is 0 Å². The lowest BCUT2D eigenvalue weighted by molar-refractivity contribution is 0.206. The molecule has 1 atom stereocenters. The van der Waals surface area contributed by atoms with Crippen LogP contribution in [0, 0.1) is 0 Å². The topological polar surface area (TPSA) is 75.7 Å². The summed E-state index contributed by atoms with van der Waals surface area (Å²) in [6.07, 6.45) is 0. The molecular weight excluding hydrogens is 182 g/mol. The molecule has 1 aromatic carbocycles. The number of phenolic OH excluding ortho intramolecular Hbond substituents is 1. The number of hydrogen-bond donors (Lipinski definition) is 3. The Bertz CT molecular complexity index is 323. The number of aromatic hydroxyl groups is 1. The molecule has 0 amide bonds. The number of hydrogen-bond acceptors (Lipinski definition) is 4. The lowest BCUT2D eigenvalue weighted by atomic mass is 9.93. The van der Waals surface area contributed by atoms with E-state index in [1.54, 1.807) is 25.1 Å². The highest BCUT2D eigenvalue weighted by molar-refractivity contribution is 5.48. The minimum absolute atomic E-state index is 0.0194. The molecule has 1 aromatic rings. The van der Waals surface area contributed by atoms with E-state index in [2.05, 4.69) is 0 Å². The number of rotatable bonds is 3. The predicted octanol–water partition coefficient (Wildman–Crippen LogP) is 0.567. The highest BCUT2D eigenvalue weighted by Gasteiger charge is 2.24. The highest BCUT2D eigenvalue weighted by Crippen LogP contribution is 2.34. The molecule has 78 valence electrons. The van der Waals surface area contributed by atoms with Gasteiger partial charge in [-0.15, -0.1) is 0 Å². The van der Waals surface area contributed by atoms with E-state index in [0.29, 0.717) is 11.3 Å². The number of para-hydroxylation sites is 1. The van der Waals surface area contributed by atoms with Crippen LogP contribution in [0.15, 0.2) is 18.2 Å². The van der Waals surface area contributed by atoms with Gasteiger partial charge >= 0.3 is 0 Å². The van der Waals surface area contributed by atoms with Crippen molar-refractivity contribution in [2.75, 3.05) is 13.7 Å². The molecule has 0 spiro atoms. The number of nitrogens with two attached hydrogens (primary N) is 1. The summed E-state index contributed by atoms with van der Waals surface area (Å²) in [5, 5.41) is 18.8. The molecule has 0 bridgehead atoms. The Morgan fingerprint density at radius 3 is 2.64 bits per heavy atom. The zero-order valence-corrected chi connectivity index (χ0v) is 8.32. The maximum atomic E-state index is 9.74. The quantitative estimate of drug-likeness (QED) is 0.662. The van der Waals surface area contributed by atoms with Gasteiger partial charge in [0.25, 0.3) is 0 Å². The van der Waals surface area contributed by atoms with E-state index in [1.165, 1.54) is 7.11 Å². The Morgan fingerprint density at radius 2 is 2.14 bits per heavy atom. The van der Waals surface area contributed by atoms with E-state index in [-0.39, 0.29) is 12.4 Å². The van der Waals surface area contributed by atoms with Crippen LogP contribution in [0.5, 0.6) is 11.5 Å². The third-order valence-corrected chi connectivity index (χ3v) is 2.16. The average molecular weight is 197 g/mol. The van der Waals surface area contributed by atoms with Crippen LogP contribution >= 0.6 is 0 Å². The molecule has 0 saturated heterocycles. The van der Waals surface area contributed by atoms with Crippen molar-refractivity contribution < 1.29 is 14.9 Å². The van der Waals surface area contributed by atoms with Gasteiger partial charge in [-0.25, -0.2) is 0 Å². The molecule has 0 fully saturated rings. The third kappa shape index (κ3) is 1.81. The molecule has 4 N–H and O–H groups in total. The zero-order valence-electron chi connectivity index (χ0n) is 8.32. The van der Waals surface area contributed by atoms with Crippen LogP contribution in [0.25, 0.3) is 0 Å². The minimum atomic E-state index is -0.960. The first kappa shape index (κ1) is 10.8. The van der Waals surface area contributed by atoms with Gasteiger partial charge in [-0.05, 0) is 13.0 Å². The van der Waals surface area contributed by atoms with Crippen molar-refractivity contribution >= 4 is 0 Å². The molecule has 0 aliphatic carbocycles. The van der Waals surface area contributed by atoms with Gasteiger partial charge in [0.15, 0.2) is 11.5 Å². The Hall–Kier alpha value is -1.26. The molecule has 4 nitrogen and oxygen atoms in total. The van der Waals surface area contributed by atoms with E-state index in [4.69, 9.17) is 15.6 Å². The van der Waals surface area contributed by atoms with Gasteiger partial charge in [0.05, 0.1) is 19.3 Å². The van der Waals surface area contributed by atoms with Crippen molar-refractivity contribution in [1.29, 1.82) is 0 Å². The first-order valence-electron chi connectivity index (χ1n) is 4.29. The molecule has 0 heterocycles. The Balaban J connectivity index is 3.22. The van der Waals surface area contributed by atoms with Gasteiger partial charge in [0, 0.05) is 5.56 Å². The lowest BCUT2D eigenvalue weighted by Gasteiger charge is -2.23. The number of benzene rings is 1.